The van der Waals surface area contributed by atoms with Crippen LogP contribution in [0.4, 0.5) is 5.69 Å². The number of benzene rings is 1. The minimum Gasteiger partial charge on any atom is -0.351 e. The predicted octanol–water partition coefficient (Wildman–Crippen LogP) is 2.36. The topological polar surface area (TPSA) is 75.4 Å². The fourth-order valence-electron chi connectivity index (χ4n) is 3.68. The molecule has 2 aliphatic rings. The molecule has 3 rings (SSSR count). The highest BCUT2D eigenvalue weighted by atomic mass is 35.5. The predicted molar refractivity (Wildman–Crippen MR) is 97.5 cm³/mol. The van der Waals surface area contributed by atoms with Crippen LogP contribution in [0.5, 0.6) is 0 Å². The van der Waals surface area contributed by atoms with Crippen LogP contribution >= 0.6 is 24.0 Å². The standard InChI is InChI=1S/C17H22ClN3O2.ClH/c18-14-6-1-2-7-15(14)21-10-12(8-16(21)22)20-17(23)13-5-3-4-11(13)9-19;/h1-2,6-7,11-13H,3-5,8-10,19H2,(H,20,23);1H/t11-,12?,13-;/m1./s1. The number of carbonyl (C=O) groups excluding carboxylic acids is 2. The van der Waals surface area contributed by atoms with Crippen molar-refractivity contribution in [3.8, 4) is 0 Å². The Balaban J connectivity index is 0.00000208. The van der Waals surface area contributed by atoms with Gasteiger partial charge in [-0.15, -0.1) is 12.4 Å². The lowest BCUT2D eigenvalue weighted by molar-refractivity contribution is -0.126. The van der Waals surface area contributed by atoms with Crippen molar-refractivity contribution in [2.24, 2.45) is 17.6 Å². The van der Waals surface area contributed by atoms with Crippen LogP contribution in [0.2, 0.25) is 5.02 Å². The first-order chi connectivity index (χ1) is 11.1. The minimum atomic E-state index is -0.162. The molecule has 1 saturated heterocycles. The smallest absolute Gasteiger partial charge is 0.229 e. The maximum Gasteiger partial charge on any atom is 0.229 e. The lowest BCUT2D eigenvalue weighted by atomic mass is 9.95. The minimum absolute atomic E-state index is 0. The van der Waals surface area contributed by atoms with Gasteiger partial charge in [0.1, 0.15) is 0 Å². The van der Waals surface area contributed by atoms with Crippen LogP contribution in [0.15, 0.2) is 24.3 Å². The van der Waals surface area contributed by atoms with Gasteiger partial charge >= 0.3 is 0 Å². The van der Waals surface area contributed by atoms with Crippen LogP contribution in [0.1, 0.15) is 25.7 Å². The zero-order valence-electron chi connectivity index (χ0n) is 13.4. The molecule has 1 aromatic carbocycles. The van der Waals surface area contributed by atoms with E-state index in [1.807, 2.05) is 18.2 Å². The third-order valence-corrected chi connectivity index (χ3v) is 5.23. The number of rotatable bonds is 4. The number of halogens is 2. The second kappa shape index (κ2) is 8.19. The van der Waals surface area contributed by atoms with Gasteiger partial charge in [-0.3, -0.25) is 9.59 Å². The molecule has 1 aromatic rings. The van der Waals surface area contributed by atoms with Crippen molar-refractivity contribution in [1.29, 1.82) is 0 Å². The Morgan fingerprint density at radius 3 is 2.79 bits per heavy atom. The molecule has 0 bridgehead atoms. The molecule has 3 N–H and O–H groups in total. The highest BCUT2D eigenvalue weighted by Crippen LogP contribution is 2.32. The zero-order chi connectivity index (χ0) is 16.4. The summed E-state index contributed by atoms with van der Waals surface area (Å²) in [4.78, 5) is 26.4. The van der Waals surface area contributed by atoms with Crippen molar-refractivity contribution >= 4 is 41.5 Å². The molecule has 0 radical (unpaired) electrons. The van der Waals surface area contributed by atoms with E-state index in [1.54, 1.807) is 11.0 Å². The lowest BCUT2D eigenvalue weighted by Gasteiger charge is -2.21. The molecule has 1 aliphatic heterocycles. The number of nitrogens with zero attached hydrogens (tertiary/aromatic N) is 1. The molecule has 2 fully saturated rings. The van der Waals surface area contributed by atoms with E-state index in [4.69, 9.17) is 17.3 Å². The fraction of sp³-hybridized carbons (Fsp3) is 0.529. The molecular weight excluding hydrogens is 349 g/mol. The van der Waals surface area contributed by atoms with Gasteiger partial charge in [-0.25, -0.2) is 0 Å². The molecule has 0 aromatic heterocycles. The molecule has 7 heteroatoms. The Labute approximate surface area is 153 Å². The van der Waals surface area contributed by atoms with Crippen molar-refractivity contribution in [3.63, 3.8) is 0 Å². The molecule has 2 amide bonds. The highest BCUT2D eigenvalue weighted by molar-refractivity contribution is 6.33. The number of amides is 2. The van der Waals surface area contributed by atoms with Gasteiger partial charge < -0.3 is 16.0 Å². The summed E-state index contributed by atoms with van der Waals surface area (Å²) < 4.78 is 0. The van der Waals surface area contributed by atoms with Gasteiger partial charge in [0.2, 0.25) is 11.8 Å². The van der Waals surface area contributed by atoms with Crippen molar-refractivity contribution in [2.75, 3.05) is 18.0 Å². The largest absolute Gasteiger partial charge is 0.351 e. The van der Waals surface area contributed by atoms with Gasteiger partial charge in [-0.05, 0) is 37.4 Å². The Morgan fingerprint density at radius 1 is 1.33 bits per heavy atom. The van der Waals surface area contributed by atoms with Crippen LogP contribution in [-0.2, 0) is 9.59 Å². The number of hydrogen-bond acceptors (Lipinski definition) is 3. The molecule has 1 unspecified atom stereocenters. The Bertz CT molecular complexity index is 611. The molecule has 1 heterocycles. The number of nitrogens with two attached hydrogens (primary N) is 1. The second-order valence-corrected chi connectivity index (χ2v) is 6.81. The quantitative estimate of drug-likeness (QED) is 0.852. The van der Waals surface area contributed by atoms with E-state index in [2.05, 4.69) is 5.32 Å². The van der Waals surface area contributed by atoms with E-state index < -0.39 is 0 Å². The monoisotopic (exact) mass is 371 g/mol. The third kappa shape index (κ3) is 3.85. The molecule has 5 nitrogen and oxygen atoms in total. The average Bonchev–Trinajstić information content (AvgIpc) is 3.14. The van der Waals surface area contributed by atoms with Gasteiger partial charge in [0.25, 0.3) is 0 Å². The maximum atomic E-state index is 12.5. The van der Waals surface area contributed by atoms with Gasteiger partial charge in [0.05, 0.1) is 16.8 Å². The first kappa shape index (κ1) is 19.0. The highest BCUT2D eigenvalue weighted by Gasteiger charge is 2.36. The normalized spacial score (nSPS) is 26.3. The van der Waals surface area contributed by atoms with Gasteiger partial charge in [-0.2, -0.15) is 0 Å². The SMILES string of the molecule is Cl.NC[C@H]1CCC[C@H]1C(=O)NC1CC(=O)N(c2ccccc2Cl)C1. The molecule has 0 spiro atoms. The van der Waals surface area contributed by atoms with Crippen LogP contribution in [0.25, 0.3) is 0 Å². The van der Waals surface area contributed by atoms with E-state index >= 15 is 0 Å². The summed E-state index contributed by atoms with van der Waals surface area (Å²) in [6.07, 6.45) is 3.28. The first-order valence-corrected chi connectivity index (χ1v) is 8.53. The van der Waals surface area contributed by atoms with Crippen molar-refractivity contribution in [2.45, 2.75) is 31.7 Å². The summed E-state index contributed by atoms with van der Waals surface area (Å²) in [6.45, 7) is 1.02. The number of nitrogens with one attached hydrogen (secondary N) is 1. The number of para-hydroxylation sites is 1. The van der Waals surface area contributed by atoms with Crippen molar-refractivity contribution in [3.05, 3.63) is 29.3 Å². The molecule has 132 valence electrons. The summed E-state index contributed by atoms with van der Waals surface area (Å²) in [7, 11) is 0. The van der Waals surface area contributed by atoms with E-state index in [0.717, 1.165) is 19.3 Å². The van der Waals surface area contributed by atoms with E-state index in [0.29, 0.717) is 30.2 Å². The summed E-state index contributed by atoms with van der Waals surface area (Å²) in [6, 6.07) is 7.11. The van der Waals surface area contributed by atoms with Gasteiger partial charge in [-0.1, -0.05) is 30.2 Å². The average molecular weight is 372 g/mol. The lowest BCUT2D eigenvalue weighted by Crippen LogP contribution is -2.42. The van der Waals surface area contributed by atoms with Gasteiger partial charge in [0, 0.05) is 18.9 Å². The summed E-state index contributed by atoms with van der Waals surface area (Å²) in [5.74, 6) is 0.290. The Kier molecular flexibility index (Phi) is 6.49. The Morgan fingerprint density at radius 2 is 2.08 bits per heavy atom. The van der Waals surface area contributed by atoms with E-state index in [-0.39, 0.29) is 42.1 Å². The van der Waals surface area contributed by atoms with Crippen LogP contribution in [0, 0.1) is 11.8 Å². The van der Waals surface area contributed by atoms with Crippen molar-refractivity contribution < 1.29 is 9.59 Å². The molecule has 1 aliphatic carbocycles. The number of anilines is 1. The molecular formula is C17H23Cl2N3O2. The molecule has 3 atom stereocenters. The number of hydrogen-bond donors (Lipinski definition) is 2. The first-order valence-electron chi connectivity index (χ1n) is 8.15. The van der Waals surface area contributed by atoms with Crippen LogP contribution < -0.4 is 16.0 Å². The van der Waals surface area contributed by atoms with Crippen LogP contribution in [-0.4, -0.2) is 30.9 Å². The van der Waals surface area contributed by atoms with E-state index in [1.165, 1.54) is 0 Å². The maximum absolute atomic E-state index is 12.5. The Hall–Kier alpha value is -1.30. The summed E-state index contributed by atoms with van der Waals surface area (Å²) >= 11 is 6.17. The van der Waals surface area contributed by atoms with Crippen LogP contribution in [0.3, 0.4) is 0 Å². The summed E-state index contributed by atoms with van der Waals surface area (Å²) in [5.41, 5.74) is 6.46. The number of carbonyl (C=O) groups is 2. The van der Waals surface area contributed by atoms with Crippen molar-refractivity contribution in [1.82, 2.24) is 5.32 Å². The fourth-order valence-corrected chi connectivity index (χ4v) is 3.92. The van der Waals surface area contributed by atoms with E-state index in [9.17, 15) is 9.59 Å². The van der Waals surface area contributed by atoms with Gasteiger partial charge in [0.15, 0.2) is 0 Å². The third-order valence-electron chi connectivity index (χ3n) is 4.91. The zero-order valence-corrected chi connectivity index (χ0v) is 15.0. The molecule has 24 heavy (non-hydrogen) atoms. The summed E-state index contributed by atoms with van der Waals surface area (Å²) in [5, 5.41) is 3.58. The second-order valence-electron chi connectivity index (χ2n) is 6.40. The molecule has 1 saturated carbocycles.